The molecule has 0 unspecified atom stereocenters. The number of nitrogens with zero attached hydrogens (tertiary/aromatic N) is 2. The van der Waals surface area contributed by atoms with Crippen LogP contribution in [0.25, 0.3) is 11.1 Å². The highest BCUT2D eigenvalue weighted by Crippen LogP contribution is 2.29. The molecule has 0 radical (unpaired) electrons. The van der Waals surface area contributed by atoms with Gasteiger partial charge in [-0.05, 0) is 43.9 Å². The van der Waals surface area contributed by atoms with Crippen molar-refractivity contribution in [2.45, 2.75) is 38.1 Å². The molecule has 1 saturated carbocycles. The van der Waals surface area contributed by atoms with Crippen molar-refractivity contribution in [3.8, 4) is 0 Å². The first-order valence-electron chi connectivity index (χ1n) is 9.35. The number of aromatic nitrogens is 1. The van der Waals surface area contributed by atoms with Crippen LogP contribution in [0.4, 0.5) is 6.01 Å². The summed E-state index contributed by atoms with van der Waals surface area (Å²) in [6, 6.07) is 5.64. The third-order valence-electron chi connectivity index (χ3n) is 5.64. The van der Waals surface area contributed by atoms with Gasteiger partial charge in [-0.2, -0.15) is 4.98 Å². The fourth-order valence-corrected chi connectivity index (χ4v) is 4.25. The Kier molecular flexibility index (Phi) is 4.95. The lowest BCUT2D eigenvalue weighted by atomic mass is 9.95. The number of carbonyl (C=O) groups is 2. The number of amides is 1. The third-order valence-corrected chi connectivity index (χ3v) is 5.87. The molecule has 1 saturated heterocycles. The number of halogens is 1. The molecule has 2 atom stereocenters. The van der Waals surface area contributed by atoms with Gasteiger partial charge in [0.15, 0.2) is 5.58 Å². The van der Waals surface area contributed by atoms with Gasteiger partial charge in [0.1, 0.15) is 5.52 Å². The highest BCUT2D eigenvalue weighted by atomic mass is 35.5. The second kappa shape index (κ2) is 7.38. The van der Waals surface area contributed by atoms with Crippen LogP contribution in [-0.2, 0) is 9.59 Å². The number of oxazole rings is 1. The molecule has 8 heteroatoms. The van der Waals surface area contributed by atoms with Crippen molar-refractivity contribution in [1.82, 2.24) is 10.3 Å². The Morgan fingerprint density at radius 2 is 2.00 bits per heavy atom. The van der Waals surface area contributed by atoms with E-state index in [1.165, 1.54) is 0 Å². The SMILES string of the molecule is O=C(N[C@@H]1CCC[C@H]1C(=O)O)C1CCN(c2nc3cc(Cl)ccc3o2)CC1. The first-order chi connectivity index (χ1) is 13.0. The molecule has 2 aromatic rings. The molecule has 1 aromatic carbocycles. The number of hydrogen-bond donors (Lipinski definition) is 2. The molecule has 1 amide bonds. The number of rotatable bonds is 4. The molecule has 1 aliphatic carbocycles. The summed E-state index contributed by atoms with van der Waals surface area (Å²) in [7, 11) is 0. The van der Waals surface area contributed by atoms with E-state index in [9.17, 15) is 14.7 Å². The van der Waals surface area contributed by atoms with Crippen LogP contribution >= 0.6 is 11.6 Å². The maximum absolute atomic E-state index is 12.6. The molecule has 27 heavy (non-hydrogen) atoms. The monoisotopic (exact) mass is 391 g/mol. The molecule has 2 fully saturated rings. The number of carboxylic acids is 1. The highest BCUT2D eigenvalue weighted by molar-refractivity contribution is 6.31. The van der Waals surface area contributed by atoms with E-state index in [0.717, 1.165) is 18.4 Å². The molecule has 4 rings (SSSR count). The van der Waals surface area contributed by atoms with Crippen LogP contribution in [0.2, 0.25) is 5.02 Å². The number of carbonyl (C=O) groups excluding carboxylic acids is 1. The van der Waals surface area contributed by atoms with Gasteiger partial charge in [-0.1, -0.05) is 18.0 Å². The average Bonchev–Trinajstić information content (AvgIpc) is 3.28. The second-order valence-electron chi connectivity index (χ2n) is 7.36. The standard InChI is InChI=1S/C19H22ClN3O4/c20-12-4-5-16-15(10-12)22-19(27-16)23-8-6-11(7-9-23)17(24)21-14-3-1-2-13(14)18(25)26/h4-5,10-11,13-14H,1-3,6-9H2,(H,21,24)(H,25,26)/t13-,14-/m1/s1. The maximum atomic E-state index is 12.6. The van der Waals surface area contributed by atoms with Crippen molar-refractivity contribution in [2.24, 2.45) is 11.8 Å². The molecule has 2 heterocycles. The van der Waals surface area contributed by atoms with E-state index in [2.05, 4.69) is 10.3 Å². The van der Waals surface area contributed by atoms with E-state index in [4.69, 9.17) is 16.0 Å². The van der Waals surface area contributed by atoms with Crippen LogP contribution in [0.3, 0.4) is 0 Å². The minimum Gasteiger partial charge on any atom is -0.481 e. The Morgan fingerprint density at radius 3 is 2.74 bits per heavy atom. The van der Waals surface area contributed by atoms with Crippen LogP contribution in [0.15, 0.2) is 22.6 Å². The van der Waals surface area contributed by atoms with Crippen LogP contribution in [-0.4, -0.2) is 41.1 Å². The fourth-order valence-electron chi connectivity index (χ4n) is 4.09. The van der Waals surface area contributed by atoms with Crippen molar-refractivity contribution in [1.29, 1.82) is 0 Å². The zero-order valence-corrected chi connectivity index (χ0v) is 15.6. The Bertz CT molecular complexity index is 860. The lowest BCUT2D eigenvalue weighted by Gasteiger charge is -2.31. The fraction of sp³-hybridized carbons (Fsp3) is 0.526. The zero-order valence-electron chi connectivity index (χ0n) is 14.9. The van der Waals surface area contributed by atoms with Gasteiger partial charge in [-0.15, -0.1) is 0 Å². The topological polar surface area (TPSA) is 95.7 Å². The molecule has 0 bridgehead atoms. The summed E-state index contributed by atoms with van der Waals surface area (Å²) in [5.74, 6) is -1.41. The summed E-state index contributed by atoms with van der Waals surface area (Å²) in [6.45, 7) is 1.34. The quantitative estimate of drug-likeness (QED) is 0.831. The first kappa shape index (κ1) is 18.1. The van der Waals surface area contributed by atoms with Crippen LogP contribution in [0.1, 0.15) is 32.1 Å². The molecule has 1 aliphatic heterocycles. The van der Waals surface area contributed by atoms with Gasteiger partial charge in [-0.3, -0.25) is 9.59 Å². The number of fused-ring (bicyclic) bond motifs is 1. The molecular weight excluding hydrogens is 370 g/mol. The predicted octanol–water partition coefficient (Wildman–Crippen LogP) is 3.07. The molecular formula is C19H22ClN3O4. The van der Waals surface area contributed by atoms with Crippen molar-refractivity contribution in [3.05, 3.63) is 23.2 Å². The molecule has 7 nitrogen and oxygen atoms in total. The van der Waals surface area contributed by atoms with Crippen LogP contribution < -0.4 is 10.2 Å². The highest BCUT2D eigenvalue weighted by Gasteiger charge is 2.36. The van der Waals surface area contributed by atoms with Gasteiger partial charge in [0.05, 0.1) is 5.92 Å². The number of aliphatic carboxylic acids is 1. The van der Waals surface area contributed by atoms with E-state index in [-0.39, 0.29) is 17.9 Å². The average molecular weight is 392 g/mol. The number of nitrogens with one attached hydrogen (secondary N) is 1. The third kappa shape index (κ3) is 3.74. The molecule has 144 valence electrons. The number of hydrogen-bond acceptors (Lipinski definition) is 5. The van der Waals surface area contributed by atoms with E-state index < -0.39 is 11.9 Å². The molecule has 2 aliphatic rings. The summed E-state index contributed by atoms with van der Waals surface area (Å²) < 4.78 is 5.80. The Balaban J connectivity index is 1.35. The minimum atomic E-state index is -0.816. The predicted molar refractivity (Wildman–Crippen MR) is 101 cm³/mol. The van der Waals surface area contributed by atoms with Gasteiger partial charge in [0, 0.05) is 30.1 Å². The molecule has 0 spiro atoms. The van der Waals surface area contributed by atoms with E-state index in [1.807, 2.05) is 4.90 Å². The Hall–Kier alpha value is -2.28. The van der Waals surface area contributed by atoms with Crippen LogP contribution in [0.5, 0.6) is 0 Å². The van der Waals surface area contributed by atoms with E-state index in [1.54, 1.807) is 18.2 Å². The smallest absolute Gasteiger partial charge is 0.308 e. The van der Waals surface area contributed by atoms with Crippen molar-refractivity contribution in [3.63, 3.8) is 0 Å². The number of anilines is 1. The van der Waals surface area contributed by atoms with Crippen molar-refractivity contribution in [2.75, 3.05) is 18.0 Å². The first-order valence-corrected chi connectivity index (χ1v) is 9.73. The largest absolute Gasteiger partial charge is 0.481 e. The van der Waals surface area contributed by atoms with Gasteiger partial charge in [0.2, 0.25) is 5.91 Å². The van der Waals surface area contributed by atoms with Gasteiger partial charge < -0.3 is 19.7 Å². The summed E-state index contributed by atoms with van der Waals surface area (Å²) in [5, 5.41) is 12.8. The second-order valence-corrected chi connectivity index (χ2v) is 7.80. The van der Waals surface area contributed by atoms with Crippen LogP contribution in [0, 0.1) is 11.8 Å². The number of piperidine rings is 1. The Morgan fingerprint density at radius 1 is 1.22 bits per heavy atom. The van der Waals surface area contributed by atoms with Gasteiger partial charge in [-0.25, -0.2) is 0 Å². The lowest BCUT2D eigenvalue weighted by molar-refractivity contribution is -0.142. The molecule has 2 N–H and O–H groups in total. The summed E-state index contributed by atoms with van der Waals surface area (Å²) >= 11 is 5.99. The van der Waals surface area contributed by atoms with Gasteiger partial charge >= 0.3 is 5.97 Å². The van der Waals surface area contributed by atoms with Crippen molar-refractivity contribution >= 4 is 40.6 Å². The normalized spacial score (nSPS) is 23.7. The summed E-state index contributed by atoms with van der Waals surface area (Å²) in [5.41, 5.74) is 1.41. The number of carboxylic acid groups (broad SMARTS) is 1. The van der Waals surface area contributed by atoms with Crippen molar-refractivity contribution < 1.29 is 19.1 Å². The van der Waals surface area contributed by atoms with Gasteiger partial charge in [0.25, 0.3) is 6.01 Å². The minimum absolute atomic E-state index is 0.0304. The lowest BCUT2D eigenvalue weighted by Crippen LogP contribution is -2.46. The Labute approximate surface area is 161 Å². The maximum Gasteiger partial charge on any atom is 0.308 e. The van der Waals surface area contributed by atoms with E-state index in [0.29, 0.717) is 49.0 Å². The summed E-state index contributed by atoms with van der Waals surface area (Å²) in [6.07, 6.45) is 3.61. The zero-order chi connectivity index (χ0) is 19.0. The van der Waals surface area contributed by atoms with E-state index >= 15 is 0 Å². The molecule has 1 aromatic heterocycles. The summed E-state index contributed by atoms with van der Waals surface area (Å²) in [4.78, 5) is 30.4. The number of benzene rings is 1.